The number of aromatic amines is 1. The lowest BCUT2D eigenvalue weighted by Crippen LogP contribution is -2.69. The van der Waals surface area contributed by atoms with Crippen LogP contribution < -0.4 is 5.32 Å². The SMILES string of the molecule is C=C1[C@H]2O[C@@H](OCC(C)C)[C@H]3[C@H]1C[C@H](NCCc1c[nH]c4ccccc14)C[C@@]3(OC)O2.Cl. The summed E-state index contributed by atoms with van der Waals surface area (Å²) in [6.45, 7) is 10.2. The highest BCUT2D eigenvalue weighted by molar-refractivity contribution is 5.85. The van der Waals surface area contributed by atoms with Crippen molar-refractivity contribution < 1.29 is 18.9 Å². The van der Waals surface area contributed by atoms with E-state index in [0.717, 1.165) is 31.4 Å². The maximum absolute atomic E-state index is 6.31. The van der Waals surface area contributed by atoms with E-state index in [1.54, 1.807) is 7.11 Å². The fourth-order valence-electron chi connectivity index (χ4n) is 5.58. The quantitative estimate of drug-likeness (QED) is 0.569. The van der Waals surface area contributed by atoms with Crippen LogP contribution in [0.4, 0.5) is 0 Å². The third kappa shape index (κ3) is 4.13. The average Bonchev–Trinajstić information content (AvgIpc) is 3.18. The molecule has 4 fully saturated rings. The van der Waals surface area contributed by atoms with Gasteiger partial charge in [0, 0.05) is 36.7 Å². The summed E-state index contributed by atoms with van der Waals surface area (Å²) in [5, 5.41) is 5.06. The minimum Gasteiger partial charge on any atom is -0.361 e. The molecular formula is C25H35ClN2O4. The van der Waals surface area contributed by atoms with E-state index in [1.165, 1.54) is 16.5 Å². The number of fused-ring (bicyclic) bond motifs is 2. The Morgan fingerprint density at radius 3 is 2.91 bits per heavy atom. The third-order valence-corrected chi connectivity index (χ3v) is 7.09. The lowest BCUT2D eigenvalue weighted by atomic mass is 9.66. The maximum atomic E-state index is 6.31. The monoisotopic (exact) mass is 462 g/mol. The van der Waals surface area contributed by atoms with Gasteiger partial charge in [0.05, 0.1) is 12.5 Å². The number of halogens is 1. The van der Waals surface area contributed by atoms with E-state index >= 15 is 0 Å². The van der Waals surface area contributed by atoms with Crippen molar-refractivity contribution in [1.82, 2.24) is 10.3 Å². The average molecular weight is 463 g/mol. The van der Waals surface area contributed by atoms with Crippen LogP contribution in [0.2, 0.25) is 0 Å². The Morgan fingerprint density at radius 2 is 2.12 bits per heavy atom. The molecule has 1 aromatic heterocycles. The molecule has 6 rings (SSSR count). The van der Waals surface area contributed by atoms with Crippen molar-refractivity contribution in [2.75, 3.05) is 20.3 Å². The van der Waals surface area contributed by atoms with E-state index in [4.69, 9.17) is 18.9 Å². The summed E-state index contributed by atoms with van der Waals surface area (Å²) in [4.78, 5) is 3.37. The van der Waals surface area contributed by atoms with E-state index in [1.807, 2.05) is 0 Å². The fourth-order valence-corrected chi connectivity index (χ4v) is 5.58. The van der Waals surface area contributed by atoms with E-state index in [-0.39, 0.29) is 30.5 Å². The normalized spacial score (nSPS) is 33.6. The van der Waals surface area contributed by atoms with Crippen LogP contribution >= 0.6 is 12.4 Å². The second-order valence-electron chi connectivity index (χ2n) is 9.60. The van der Waals surface area contributed by atoms with Crippen molar-refractivity contribution >= 4 is 23.3 Å². The van der Waals surface area contributed by atoms with Crippen LogP contribution in [0.3, 0.4) is 0 Å². The summed E-state index contributed by atoms with van der Waals surface area (Å²) in [5.74, 6) is 0.0439. The van der Waals surface area contributed by atoms with Crippen molar-refractivity contribution in [3.05, 3.63) is 48.2 Å². The molecule has 0 unspecified atom stereocenters. The van der Waals surface area contributed by atoms with Crippen LogP contribution in [0.5, 0.6) is 0 Å². The van der Waals surface area contributed by atoms with Gasteiger partial charge >= 0.3 is 0 Å². The van der Waals surface area contributed by atoms with Crippen LogP contribution in [-0.4, -0.2) is 49.7 Å². The van der Waals surface area contributed by atoms with Gasteiger partial charge in [0.15, 0.2) is 18.4 Å². The molecule has 2 aromatic rings. The van der Waals surface area contributed by atoms with Crippen LogP contribution in [0.15, 0.2) is 42.6 Å². The topological polar surface area (TPSA) is 64.7 Å². The molecule has 4 bridgehead atoms. The van der Waals surface area contributed by atoms with Crippen molar-refractivity contribution in [3.63, 3.8) is 0 Å². The van der Waals surface area contributed by atoms with Crippen molar-refractivity contribution in [2.24, 2.45) is 17.8 Å². The Labute approximate surface area is 196 Å². The lowest BCUT2D eigenvalue weighted by molar-refractivity contribution is -0.448. The molecule has 2 N–H and O–H groups in total. The van der Waals surface area contributed by atoms with E-state index < -0.39 is 12.1 Å². The molecular weight excluding hydrogens is 428 g/mol. The highest BCUT2D eigenvalue weighted by Gasteiger charge is 2.64. The highest BCUT2D eigenvalue weighted by atomic mass is 35.5. The molecule has 6 atom stereocenters. The first-order valence-electron chi connectivity index (χ1n) is 11.5. The molecule has 32 heavy (non-hydrogen) atoms. The van der Waals surface area contributed by atoms with Gasteiger partial charge in [-0.05, 0) is 48.4 Å². The molecule has 7 heteroatoms. The molecule has 0 radical (unpaired) electrons. The zero-order valence-electron chi connectivity index (χ0n) is 19.1. The number of para-hydroxylation sites is 1. The molecule has 3 saturated heterocycles. The number of H-pyrrole nitrogens is 1. The van der Waals surface area contributed by atoms with E-state index in [0.29, 0.717) is 18.6 Å². The van der Waals surface area contributed by atoms with Crippen LogP contribution in [0.25, 0.3) is 10.9 Å². The van der Waals surface area contributed by atoms with Crippen LogP contribution in [0.1, 0.15) is 32.3 Å². The molecule has 1 aliphatic carbocycles. The summed E-state index contributed by atoms with van der Waals surface area (Å²) in [6, 6.07) is 8.75. The Balaban J connectivity index is 0.00000245. The van der Waals surface area contributed by atoms with E-state index in [2.05, 4.69) is 61.2 Å². The summed E-state index contributed by atoms with van der Waals surface area (Å²) < 4.78 is 24.6. The van der Waals surface area contributed by atoms with Crippen molar-refractivity contribution in [3.8, 4) is 0 Å². The van der Waals surface area contributed by atoms with Gasteiger partial charge in [-0.1, -0.05) is 38.6 Å². The van der Waals surface area contributed by atoms with Gasteiger partial charge in [-0.15, -0.1) is 12.4 Å². The van der Waals surface area contributed by atoms with Gasteiger partial charge in [-0.2, -0.15) is 0 Å². The first-order chi connectivity index (χ1) is 15.0. The number of nitrogens with one attached hydrogen (secondary N) is 2. The van der Waals surface area contributed by atoms with E-state index in [9.17, 15) is 0 Å². The zero-order valence-corrected chi connectivity index (χ0v) is 20.0. The predicted molar refractivity (Wildman–Crippen MR) is 127 cm³/mol. The number of methoxy groups -OCH3 is 1. The fraction of sp³-hybridized carbons (Fsp3) is 0.600. The van der Waals surface area contributed by atoms with Gasteiger partial charge in [-0.3, -0.25) is 0 Å². The molecule has 176 valence electrons. The number of aromatic nitrogens is 1. The van der Waals surface area contributed by atoms with Crippen LogP contribution in [-0.2, 0) is 25.4 Å². The smallest absolute Gasteiger partial charge is 0.186 e. The molecule has 4 heterocycles. The summed E-state index contributed by atoms with van der Waals surface area (Å²) in [7, 11) is 1.74. The lowest BCUT2D eigenvalue weighted by Gasteiger charge is -2.61. The molecule has 3 aliphatic heterocycles. The number of benzene rings is 1. The first-order valence-corrected chi connectivity index (χ1v) is 11.5. The van der Waals surface area contributed by atoms with Crippen LogP contribution in [0, 0.1) is 17.8 Å². The number of hydrogen-bond donors (Lipinski definition) is 2. The Hall–Kier alpha value is -1.41. The summed E-state index contributed by atoms with van der Waals surface area (Å²) in [6.07, 6.45) is 4.14. The molecule has 4 aliphatic rings. The summed E-state index contributed by atoms with van der Waals surface area (Å²) in [5.41, 5.74) is 3.55. The number of hydrogen-bond acceptors (Lipinski definition) is 5. The maximum Gasteiger partial charge on any atom is 0.186 e. The molecule has 6 nitrogen and oxygen atoms in total. The first kappa shape index (κ1) is 23.7. The second kappa shape index (κ2) is 9.45. The van der Waals surface area contributed by atoms with Gasteiger partial charge in [-0.25, -0.2) is 0 Å². The van der Waals surface area contributed by atoms with Gasteiger partial charge in [0.2, 0.25) is 0 Å². The molecule has 0 amide bonds. The van der Waals surface area contributed by atoms with Gasteiger partial charge in [0.25, 0.3) is 0 Å². The zero-order chi connectivity index (χ0) is 21.6. The molecule has 0 spiro atoms. The Bertz CT molecular complexity index is 947. The van der Waals surface area contributed by atoms with Crippen molar-refractivity contribution in [1.29, 1.82) is 0 Å². The minimum absolute atomic E-state index is 0. The Morgan fingerprint density at radius 1 is 1.31 bits per heavy atom. The Kier molecular flexibility index (Phi) is 7.01. The minimum atomic E-state index is -0.687. The largest absolute Gasteiger partial charge is 0.361 e. The van der Waals surface area contributed by atoms with Gasteiger partial charge in [0.1, 0.15) is 0 Å². The second-order valence-corrected chi connectivity index (χ2v) is 9.60. The standard InChI is InChI=1S/C25H34N2O4.ClH/c1-15(2)14-29-24-22-20-11-18(12-25(22,28-4)31-23(30-24)16(20)3)26-10-9-17-13-27-21-8-6-5-7-19(17)21;/h5-8,13,15,18,20,22-24,26-27H,3,9-12,14H2,1-2,4H3;1H/t18-,20-,22+,23-,24+,25+;/m0./s1. The van der Waals surface area contributed by atoms with Gasteiger partial charge < -0.3 is 29.2 Å². The predicted octanol–water partition coefficient (Wildman–Crippen LogP) is 4.40. The molecule has 1 aromatic carbocycles. The van der Waals surface area contributed by atoms with Crippen molar-refractivity contribution in [2.45, 2.75) is 57.5 Å². The number of rotatable bonds is 8. The highest BCUT2D eigenvalue weighted by Crippen LogP contribution is 2.56. The number of ether oxygens (including phenoxy) is 4. The molecule has 1 saturated carbocycles. The summed E-state index contributed by atoms with van der Waals surface area (Å²) >= 11 is 0. The third-order valence-electron chi connectivity index (χ3n) is 7.09.